The molecule has 1 spiro atoms. The summed E-state index contributed by atoms with van der Waals surface area (Å²) >= 11 is 0. The van der Waals surface area contributed by atoms with Gasteiger partial charge in [0.15, 0.2) is 35.0 Å². The highest BCUT2D eigenvalue weighted by Gasteiger charge is 2.58. The number of carbonyl (C=O) groups excluding carboxylic acids is 7. The number of hydrogen-bond acceptors (Lipinski definition) is 17. The number of ether oxygens (including phenoxy) is 6. The van der Waals surface area contributed by atoms with Gasteiger partial charge < -0.3 is 53.5 Å². The number of anilines is 2. The van der Waals surface area contributed by atoms with Gasteiger partial charge in [-0.3, -0.25) is 28.8 Å². The first kappa shape index (κ1) is 70.0. The molecular weight excluding hydrogens is 1300 g/mol. The van der Waals surface area contributed by atoms with Crippen molar-refractivity contribution in [3.05, 3.63) is 161 Å². The first-order valence-corrected chi connectivity index (χ1v) is 35.1. The van der Waals surface area contributed by atoms with Crippen molar-refractivity contribution in [1.29, 1.82) is 0 Å². The summed E-state index contributed by atoms with van der Waals surface area (Å²) in [6.07, 6.45) is 5.80. The average Bonchev–Trinajstić information content (AvgIpc) is 1.56. The minimum atomic E-state index is -1.47. The zero-order valence-corrected chi connectivity index (χ0v) is 59.2. The van der Waals surface area contributed by atoms with Gasteiger partial charge in [-0.15, -0.1) is 5.10 Å². The fourth-order valence-corrected chi connectivity index (χ4v) is 14.7. The molecule has 1 unspecified atom stereocenters. The molecule has 2 aromatic heterocycles. The zero-order valence-electron chi connectivity index (χ0n) is 59.2. The van der Waals surface area contributed by atoms with Gasteiger partial charge in [-0.05, 0) is 141 Å². The molecule has 2 fully saturated rings. The zero-order chi connectivity index (χ0) is 71.9. The number of benzene rings is 5. The number of amides is 5. The molecule has 5 atom stereocenters. The summed E-state index contributed by atoms with van der Waals surface area (Å²) in [7, 11) is 4.56. The number of nitrogens with one attached hydrogen (secondary N) is 1. The average molecular weight is 1390 g/mol. The minimum Gasteiger partial charge on any atom is -0.493 e. The highest BCUT2D eigenvalue weighted by atomic mass is 16.6. The van der Waals surface area contributed by atoms with Crippen LogP contribution in [0.4, 0.5) is 16.2 Å². The second-order valence-electron chi connectivity index (χ2n) is 28.9. The van der Waals surface area contributed by atoms with Crippen molar-refractivity contribution in [1.82, 2.24) is 35.1 Å². The summed E-state index contributed by atoms with van der Waals surface area (Å²) in [6, 6.07) is 31.2. The quantitative estimate of drug-likeness (QED) is 0.0564. The van der Waals surface area contributed by atoms with Crippen LogP contribution < -0.4 is 38.8 Å². The van der Waals surface area contributed by atoms with E-state index in [1.807, 2.05) is 96.4 Å². The molecule has 5 aliphatic heterocycles. The summed E-state index contributed by atoms with van der Waals surface area (Å²) < 4.78 is 37.2. The molecule has 0 radical (unpaired) electrons. The third-order valence-electron chi connectivity index (χ3n) is 20.7. The van der Waals surface area contributed by atoms with Crippen LogP contribution in [0.2, 0.25) is 0 Å². The van der Waals surface area contributed by atoms with E-state index in [0.29, 0.717) is 72.0 Å². The third kappa shape index (κ3) is 14.2. The van der Waals surface area contributed by atoms with Gasteiger partial charge in [0.05, 0.1) is 81.3 Å². The van der Waals surface area contributed by atoms with E-state index in [1.54, 1.807) is 60.4 Å². The van der Waals surface area contributed by atoms with Crippen molar-refractivity contribution >= 4 is 58.2 Å². The fourth-order valence-electron chi connectivity index (χ4n) is 14.7. The van der Waals surface area contributed by atoms with E-state index in [2.05, 4.69) is 41.4 Å². The van der Waals surface area contributed by atoms with Gasteiger partial charge in [0, 0.05) is 91.8 Å². The smallest absolute Gasteiger partial charge is 0.416 e. The number of para-hydroxylation sites is 1. The number of methoxy groups -OCH3 is 3. The van der Waals surface area contributed by atoms with Crippen molar-refractivity contribution in [3.8, 4) is 51.4 Å². The molecule has 7 aromatic rings. The van der Waals surface area contributed by atoms with E-state index < -0.39 is 41.8 Å². The predicted octanol–water partition coefficient (Wildman–Crippen LogP) is 11.5. The Kier molecular flexibility index (Phi) is 19.8. The first-order chi connectivity index (χ1) is 49.0. The van der Waals surface area contributed by atoms with Crippen LogP contribution in [-0.2, 0) is 55.4 Å². The molecule has 0 bridgehead atoms. The molecule has 5 amide bonds. The number of ketones is 2. The topological polar surface area (TPSA) is 264 Å². The van der Waals surface area contributed by atoms with Crippen LogP contribution in [0.25, 0.3) is 28.1 Å². The van der Waals surface area contributed by atoms with Gasteiger partial charge in [0.25, 0.3) is 11.8 Å². The number of pyridine rings is 1. The van der Waals surface area contributed by atoms with Crippen molar-refractivity contribution < 1.29 is 67.1 Å². The van der Waals surface area contributed by atoms with Crippen LogP contribution in [0.1, 0.15) is 148 Å². The number of aliphatic hydroxyl groups excluding tert-OH is 1. The lowest BCUT2D eigenvalue weighted by atomic mass is 9.88. The van der Waals surface area contributed by atoms with Gasteiger partial charge in [0.2, 0.25) is 17.7 Å². The number of carbonyl (C=O) groups is 7. The van der Waals surface area contributed by atoms with E-state index in [4.69, 9.17) is 28.4 Å². The second kappa shape index (κ2) is 28.9. The van der Waals surface area contributed by atoms with Crippen LogP contribution in [0, 0.1) is 17.3 Å². The summed E-state index contributed by atoms with van der Waals surface area (Å²) in [6.45, 7) is 12.3. The lowest BCUT2D eigenvalue weighted by Crippen LogP contribution is -2.50. The molecule has 23 nitrogen and oxygen atoms in total. The Bertz CT molecular complexity index is 4440. The lowest BCUT2D eigenvalue weighted by molar-refractivity contribution is -0.133. The molecule has 23 heteroatoms. The lowest BCUT2D eigenvalue weighted by Gasteiger charge is -2.31. The summed E-state index contributed by atoms with van der Waals surface area (Å²) in [5.74, 6) is -0.800. The van der Waals surface area contributed by atoms with E-state index >= 15 is 0 Å². The number of hydrogen-bond donors (Lipinski definition) is 2. The van der Waals surface area contributed by atoms with Gasteiger partial charge in [-0.25, -0.2) is 19.4 Å². The summed E-state index contributed by atoms with van der Waals surface area (Å²) in [4.78, 5) is 110. The fraction of sp³-hybridized carbons (Fsp3) is 0.418. The van der Waals surface area contributed by atoms with Gasteiger partial charge in [-0.2, -0.15) is 0 Å². The van der Waals surface area contributed by atoms with Gasteiger partial charge in [-0.1, -0.05) is 85.8 Å². The summed E-state index contributed by atoms with van der Waals surface area (Å²) in [5.41, 5.74) is 9.03. The monoisotopic (exact) mass is 1390 g/mol. The third-order valence-corrected chi connectivity index (χ3v) is 20.7. The largest absolute Gasteiger partial charge is 0.493 e. The Morgan fingerprint density at radius 1 is 0.745 bits per heavy atom. The molecule has 102 heavy (non-hydrogen) atoms. The highest BCUT2D eigenvalue weighted by molar-refractivity contribution is 6.07. The number of Topliss-reactive ketones (excluding diaryl/α,β-unsaturated/α-hetero) is 2. The van der Waals surface area contributed by atoms with Gasteiger partial charge >= 0.3 is 6.09 Å². The molecule has 7 heterocycles. The normalized spacial score (nSPS) is 18.3. The summed E-state index contributed by atoms with van der Waals surface area (Å²) in [5, 5.41) is 24.3. The maximum Gasteiger partial charge on any atom is 0.416 e. The Hall–Kier alpha value is -10.4. The van der Waals surface area contributed by atoms with Crippen LogP contribution >= 0.6 is 0 Å². The maximum atomic E-state index is 14.6. The molecule has 1 saturated heterocycles. The van der Waals surface area contributed by atoms with E-state index in [-0.39, 0.29) is 121 Å². The molecule has 1 aliphatic carbocycles. The number of nitrogens with zero attached hydrogens (tertiary/aromatic N) is 8. The first-order valence-electron chi connectivity index (χ1n) is 35.1. The number of fused-ring (bicyclic) bond motifs is 9. The molecule has 6 aliphatic rings. The van der Waals surface area contributed by atoms with Crippen molar-refractivity contribution in [2.75, 3.05) is 50.9 Å². The van der Waals surface area contributed by atoms with Crippen LogP contribution in [0.3, 0.4) is 0 Å². The van der Waals surface area contributed by atoms with E-state index in [0.717, 1.165) is 68.9 Å². The Morgan fingerprint density at radius 2 is 1.44 bits per heavy atom. The van der Waals surface area contributed by atoms with Crippen molar-refractivity contribution in [2.24, 2.45) is 17.3 Å². The standard InChI is InChI=1S/C79H87N9O14/c1-46(2)58(36-55(89)26-28-70(91)85-42-52-15-10-11-16-56(52)71-72(57-17-12-13-18-61(57)85)88(83-82-71)78(4,5)6)73(92)81-47(3)64(90)33-48-19-21-49(22-20-48)44-102-77(96)87-62-39-68(66(98-8)38-60(62)75(94)86-45-79(29-30-79)40-63(86)76(87)95)101-32-14-31-100-67-35-50-23-25-54-34-53(51-24-27-69(99-9)80-41-51)43-84(54)74(93)59(50)37-65(67)97-7/h10-13,15-22,24,27,35,37-39,41,43,46-47,54,58,63,76,95H,14,23,25-26,28-34,36,40,42,44-45H2,1-9H3,(H,81,92)/t47-,54+,58-,63-,76?/m0/s1. The minimum absolute atomic E-state index is 0.0154. The SMILES string of the molecule is COc1ccc(C2=CN3C(=O)c4cc(OC)c(OCCCOc5cc6c(cc5OC)C(=O)N5CC7(CC7)C[C@H]5C(O)N6C(=O)OCc5ccc(CC(=O)[C@H](C)NC(=O)[C@@H](CC(=O)CCC(=O)N6Cc7ccccc7-c7nnn(C(C)(C)C)c7-c7ccccc76)C(C)C)cc5)cc4CC[C@@H]3C2)cn1. The number of rotatable bonds is 23. The Labute approximate surface area is 593 Å². The number of aliphatic hydroxyl groups is 1. The molecule has 1 saturated carbocycles. The molecule has 532 valence electrons. The molecule has 5 aromatic carbocycles. The second-order valence-corrected chi connectivity index (χ2v) is 28.9. The molecule has 13 rings (SSSR count). The van der Waals surface area contributed by atoms with Gasteiger partial charge in [0.1, 0.15) is 18.1 Å². The van der Waals surface area contributed by atoms with Crippen LogP contribution in [0.5, 0.6) is 28.9 Å². The van der Waals surface area contributed by atoms with Crippen LogP contribution in [-0.4, -0.2) is 142 Å². The number of aryl methyl sites for hydroxylation is 1. The molecule has 2 N–H and O–H groups in total. The Morgan fingerprint density at radius 3 is 2.13 bits per heavy atom. The maximum absolute atomic E-state index is 14.6. The van der Waals surface area contributed by atoms with Crippen molar-refractivity contribution in [2.45, 2.75) is 155 Å². The highest BCUT2D eigenvalue weighted by Crippen LogP contribution is 2.57. The van der Waals surface area contributed by atoms with E-state index in [9.17, 15) is 38.7 Å². The van der Waals surface area contributed by atoms with Crippen LogP contribution in [0.15, 0.2) is 122 Å². The van der Waals surface area contributed by atoms with E-state index in [1.165, 1.54) is 26.4 Å². The Balaban J connectivity index is 0.614. The predicted molar refractivity (Wildman–Crippen MR) is 380 cm³/mol. The number of aromatic nitrogens is 4. The van der Waals surface area contributed by atoms with Crippen molar-refractivity contribution in [3.63, 3.8) is 0 Å². The molecular formula is C79H87N9O14.